The molecule has 1 saturated heterocycles. The van der Waals surface area contributed by atoms with Crippen molar-refractivity contribution in [1.82, 2.24) is 0 Å². The number of anilines is 2. The molecule has 2 aromatic carbocycles. The molecule has 132 valence electrons. The minimum atomic E-state index is -0.131. The van der Waals surface area contributed by atoms with Crippen LogP contribution >= 0.6 is 11.6 Å². The smallest absolute Gasteiger partial charge is 0.243 e. The van der Waals surface area contributed by atoms with Gasteiger partial charge in [-0.15, -0.1) is 0 Å². The van der Waals surface area contributed by atoms with Crippen molar-refractivity contribution in [2.24, 2.45) is 0 Å². The number of ether oxygens (including phenoxy) is 2. The quantitative estimate of drug-likeness (QED) is 0.785. The van der Waals surface area contributed by atoms with Gasteiger partial charge in [0.15, 0.2) is 0 Å². The van der Waals surface area contributed by atoms with Crippen molar-refractivity contribution in [2.45, 2.75) is 18.9 Å². The van der Waals surface area contributed by atoms with Crippen LogP contribution in [0.5, 0.6) is 5.75 Å². The lowest BCUT2D eigenvalue weighted by molar-refractivity contribution is -0.114. The van der Waals surface area contributed by atoms with Crippen LogP contribution in [0.1, 0.15) is 12.8 Å². The van der Waals surface area contributed by atoms with Crippen LogP contribution in [0.15, 0.2) is 48.5 Å². The standard InChI is InChI=1S/C19H21ClN2O3/c20-14-3-1-4-16(11-14)21-12-19(23)22-15-6-8-17(9-7-15)25-13-18-5-2-10-24-18/h1,3-4,6-9,11,18,21H,2,5,10,12-13H2,(H,22,23). The van der Waals surface area contributed by atoms with E-state index in [1.165, 1.54) is 0 Å². The van der Waals surface area contributed by atoms with Crippen molar-refractivity contribution in [2.75, 3.05) is 30.4 Å². The molecule has 1 unspecified atom stereocenters. The summed E-state index contributed by atoms with van der Waals surface area (Å²) in [6.07, 6.45) is 2.34. The van der Waals surface area contributed by atoms with Gasteiger partial charge in [0.25, 0.3) is 0 Å². The van der Waals surface area contributed by atoms with Gasteiger partial charge in [-0.25, -0.2) is 0 Å². The third-order valence-corrected chi connectivity index (χ3v) is 4.11. The fraction of sp³-hybridized carbons (Fsp3) is 0.316. The summed E-state index contributed by atoms with van der Waals surface area (Å²) in [4.78, 5) is 12.0. The lowest BCUT2D eigenvalue weighted by Gasteiger charge is -2.12. The second-order valence-electron chi connectivity index (χ2n) is 5.88. The van der Waals surface area contributed by atoms with Gasteiger partial charge in [0.05, 0.1) is 12.6 Å². The van der Waals surface area contributed by atoms with Gasteiger partial charge in [0, 0.05) is 23.0 Å². The number of benzene rings is 2. The Morgan fingerprint density at radius 2 is 2.04 bits per heavy atom. The van der Waals surface area contributed by atoms with Crippen LogP contribution in [0.4, 0.5) is 11.4 Å². The van der Waals surface area contributed by atoms with E-state index in [1.54, 1.807) is 12.1 Å². The molecule has 0 bridgehead atoms. The van der Waals surface area contributed by atoms with Crippen LogP contribution in [0, 0.1) is 0 Å². The van der Waals surface area contributed by atoms with Crippen LogP contribution in [0.2, 0.25) is 5.02 Å². The van der Waals surface area contributed by atoms with E-state index in [1.807, 2.05) is 36.4 Å². The minimum Gasteiger partial charge on any atom is -0.491 e. The second kappa shape index (κ2) is 8.74. The SMILES string of the molecule is O=C(CNc1cccc(Cl)c1)Nc1ccc(OCC2CCCO2)cc1. The van der Waals surface area contributed by atoms with Crippen molar-refractivity contribution < 1.29 is 14.3 Å². The maximum Gasteiger partial charge on any atom is 0.243 e. The normalized spacial score (nSPS) is 16.4. The first-order chi connectivity index (χ1) is 12.2. The van der Waals surface area contributed by atoms with Crippen LogP contribution in [0.3, 0.4) is 0 Å². The van der Waals surface area contributed by atoms with Crippen molar-refractivity contribution in [1.29, 1.82) is 0 Å². The van der Waals surface area contributed by atoms with E-state index in [0.717, 1.165) is 36.6 Å². The predicted molar refractivity (Wildman–Crippen MR) is 99.5 cm³/mol. The number of hydrogen-bond donors (Lipinski definition) is 2. The molecule has 0 radical (unpaired) electrons. The number of amides is 1. The van der Waals surface area contributed by atoms with Gasteiger partial charge in [-0.1, -0.05) is 17.7 Å². The van der Waals surface area contributed by atoms with Crippen molar-refractivity contribution in [3.8, 4) is 5.75 Å². The maximum atomic E-state index is 12.0. The van der Waals surface area contributed by atoms with E-state index in [2.05, 4.69) is 10.6 Å². The Morgan fingerprint density at radius 1 is 1.20 bits per heavy atom. The Kier molecular flexibility index (Phi) is 6.14. The Labute approximate surface area is 152 Å². The van der Waals surface area contributed by atoms with Crippen LogP contribution in [-0.2, 0) is 9.53 Å². The summed E-state index contributed by atoms with van der Waals surface area (Å²) in [5.74, 6) is 0.638. The number of nitrogens with one attached hydrogen (secondary N) is 2. The fourth-order valence-electron chi connectivity index (χ4n) is 2.59. The number of carbonyl (C=O) groups excluding carboxylic acids is 1. The first-order valence-electron chi connectivity index (χ1n) is 8.33. The molecule has 6 heteroatoms. The molecule has 2 N–H and O–H groups in total. The molecule has 0 saturated carbocycles. The third-order valence-electron chi connectivity index (χ3n) is 3.88. The molecule has 1 aliphatic heterocycles. The van der Waals surface area contributed by atoms with Crippen molar-refractivity contribution in [3.63, 3.8) is 0 Å². The molecule has 2 aromatic rings. The Hall–Kier alpha value is -2.24. The largest absolute Gasteiger partial charge is 0.491 e. The molecule has 1 amide bonds. The maximum absolute atomic E-state index is 12.0. The summed E-state index contributed by atoms with van der Waals surface area (Å²) in [5, 5.41) is 6.50. The number of rotatable bonds is 7. The molecule has 0 spiro atoms. The molecule has 0 aliphatic carbocycles. The highest BCUT2D eigenvalue weighted by molar-refractivity contribution is 6.30. The van der Waals surface area contributed by atoms with Gasteiger partial charge in [0.1, 0.15) is 12.4 Å². The molecule has 0 aromatic heterocycles. The highest BCUT2D eigenvalue weighted by Crippen LogP contribution is 2.19. The summed E-state index contributed by atoms with van der Waals surface area (Å²) in [7, 11) is 0. The summed E-state index contributed by atoms with van der Waals surface area (Å²) < 4.78 is 11.2. The molecule has 1 fully saturated rings. The van der Waals surface area contributed by atoms with E-state index in [0.29, 0.717) is 11.6 Å². The van der Waals surface area contributed by atoms with Gasteiger partial charge in [0.2, 0.25) is 5.91 Å². The van der Waals surface area contributed by atoms with E-state index in [-0.39, 0.29) is 18.6 Å². The Morgan fingerprint density at radius 3 is 2.76 bits per heavy atom. The highest BCUT2D eigenvalue weighted by Gasteiger charge is 2.15. The van der Waals surface area contributed by atoms with Gasteiger partial charge < -0.3 is 20.1 Å². The lowest BCUT2D eigenvalue weighted by atomic mass is 10.2. The lowest BCUT2D eigenvalue weighted by Crippen LogP contribution is -2.21. The zero-order chi connectivity index (χ0) is 17.5. The minimum absolute atomic E-state index is 0.131. The molecule has 1 aliphatic rings. The molecule has 1 atom stereocenters. The molecular weight excluding hydrogens is 340 g/mol. The highest BCUT2D eigenvalue weighted by atomic mass is 35.5. The van der Waals surface area contributed by atoms with E-state index >= 15 is 0 Å². The molecule has 3 rings (SSSR count). The van der Waals surface area contributed by atoms with Crippen molar-refractivity contribution >= 4 is 28.9 Å². The zero-order valence-corrected chi connectivity index (χ0v) is 14.6. The summed E-state index contributed by atoms with van der Waals surface area (Å²) in [6, 6.07) is 14.6. The van der Waals surface area contributed by atoms with E-state index in [9.17, 15) is 4.79 Å². The average molecular weight is 361 g/mol. The summed E-state index contributed by atoms with van der Waals surface area (Å²) in [5.41, 5.74) is 1.53. The first-order valence-corrected chi connectivity index (χ1v) is 8.70. The predicted octanol–water partition coefficient (Wildman–Crippen LogP) is 3.95. The monoisotopic (exact) mass is 360 g/mol. The average Bonchev–Trinajstić information content (AvgIpc) is 3.13. The zero-order valence-electron chi connectivity index (χ0n) is 13.8. The summed E-state index contributed by atoms with van der Waals surface area (Å²) in [6.45, 7) is 1.55. The number of halogens is 1. The van der Waals surface area contributed by atoms with E-state index in [4.69, 9.17) is 21.1 Å². The van der Waals surface area contributed by atoms with Crippen molar-refractivity contribution in [3.05, 3.63) is 53.6 Å². The number of carbonyl (C=O) groups is 1. The fourth-order valence-corrected chi connectivity index (χ4v) is 2.78. The Bertz CT molecular complexity index is 700. The second-order valence-corrected chi connectivity index (χ2v) is 6.32. The molecule has 25 heavy (non-hydrogen) atoms. The molecule has 1 heterocycles. The van der Waals surface area contributed by atoms with Gasteiger partial charge in [-0.3, -0.25) is 4.79 Å². The van der Waals surface area contributed by atoms with Crippen LogP contribution < -0.4 is 15.4 Å². The van der Waals surface area contributed by atoms with Crippen LogP contribution in [-0.4, -0.2) is 31.8 Å². The van der Waals surface area contributed by atoms with Crippen LogP contribution in [0.25, 0.3) is 0 Å². The Balaban J connectivity index is 1.43. The topological polar surface area (TPSA) is 59.6 Å². The summed E-state index contributed by atoms with van der Waals surface area (Å²) >= 11 is 5.91. The van der Waals surface area contributed by atoms with Gasteiger partial charge in [-0.05, 0) is 55.3 Å². The molecular formula is C19H21ClN2O3. The van der Waals surface area contributed by atoms with Gasteiger partial charge >= 0.3 is 0 Å². The first kappa shape index (κ1) is 17.6. The number of hydrogen-bond acceptors (Lipinski definition) is 4. The molecule has 5 nitrogen and oxygen atoms in total. The third kappa shape index (κ3) is 5.66. The van der Waals surface area contributed by atoms with Gasteiger partial charge in [-0.2, -0.15) is 0 Å². The van der Waals surface area contributed by atoms with E-state index < -0.39 is 0 Å².